The monoisotopic (exact) mass is 440 g/mol. The quantitative estimate of drug-likeness (QED) is 0.565. The second-order valence-corrected chi connectivity index (χ2v) is 11.2. The van der Waals surface area contributed by atoms with E-state index in [-0.39, 0.29) is 47.6 Å². The molecule has 3 fully saturated rings. The van der Waals surface area contributed by atoms with E-state index in [9.17, 15) is 24.1 Å². The van der Waals surface area contributed by atoms with Crippen LogP contribution in [0.1, 0.15) is 58.8 Å². The number of carbonyl (C=O) groups is 3. The van der Waals surface area contributed by atoms with Gasteiger partial charge in [-0.1, -0.05) is 19.4 Å². The molecule has 6 atom stereocenters. The van der Waals surface area contributed by atoms with Crippen LogP contribution in [0.2, 0.25) is 0 Å². The fourth-order valence-electron chi connectivity index (χ4n) is 7.11. The highest BCUT2D eigenvalue weighted by Gasteiger charge is 2.68. The van der Waals surface area contributed by atoms with Gasteiger partial charge in [0.1, 0.15) is 18.0 Å². The van der Waals surface area contributed by atoms with Crippen molar-refractivity contribution in [3.05, 3.63) is 11.6 Å². The molecule has 30 heavy (non-hydrogen) atoms. The largest absolute Gasteiger partial charge is 0.470 e. The van der Waals surface area contributed by atoms with E-state index in [4.69, 9.17) is 9.79 Å². The average Bonchev–Trinajstić information content (AvgIpc) is 2.91. The van der Waals surface area contributed by atoms with E-state index in [1.165, 1.54) is 0 Å². The number of Topliss-reactive ketones (excluding diaryl/α,β-unsaturated/α-hetero) is 2. The van der Waals surface area contributed by atoms with Crippen LogP contribution in [0.25, 0.3) is 0 Å². The van der Waals surface area contributed by atoms with Gasteiger partial charge < -0.3 is 14.9 Å². The van der Waals surface area contributed by atoms with Crippen molar-refractivity contribution >= 4 is 25.2 Å². The summed E-state index contributed by atoms with van der Waals surface area (Å²) in [7, 11) is -4.85. The third kappa shape index (κ3) is 3.11. The van der Waals surface area contributed by atoms with Gasteiger partial charge in [-0.25, -0.2) is 4.57 Å². The van der Waals surface area contributed by atoms with Crippen LogP contribution in [0.3, 0.4) is 0 Å². The highest BCUT2D eigenvalue weighted by molar-refractivity contribution is 7.46. The fourth-order valence-corrected chi connectivity index (χ4v) is 7.39. The summed E-state index contributed by atoms with van der Waals surface area (Å²) in [5, 5.41) is 11.4. The molecule has 8 nitrogen and oxygen atoms in total. The molecule has 0 bridgehead atoms. The predicted molar refractivity (Wildman–Crippen MR) is 105 cm³/mol. The number of ketones is 3. The minimum atomic E-state index is -4.85. The zero-order chi connectivity index (χ0) is 22.1. The second kappa shape index (κ2) is 6.91. The summed E-state index contributed by atoms with van der Waals surface area (Å²) in [6.45, 7) is 2.94. The lowest BCUT2D eigenvalue weighted by Crippen LogP contribution is -2.61. The van der Waals surface area contributed by atoms with Crippen LogP contribution in [0.15, 0.2) is 11.6 Å². The van der Waals surface area contributed by atoms with E-state index >= 15 is 0 Å². The van der Waals surface area contributed by atoms with Gasteiger partial charge in [0.05, 0.1) is 0 Å². The number of hydrogen-bond donors (Lipinski definition) is 3. The van der Waals surface area contributed by atoms with E-state index < -0.39 is 31.2 Å². The number of rotatable bonds is 4. The Kier molecular flexibility index (Phi) is 5.07. The molecule has 0 spiro atoms. The Morgan fingerprint density at radius 1 is 1.20 bits per heavy atom. The fraction of sp³-hybridized carbons (Fsp3) is 0.762. The van der Waals surface area contributed by atoms with Crippen LogP contribution in [0.4, 0.5) is 0 Å². The first-order valence-corrected chi connectivity index (χ1v) is 12.1. The van der Waals surface area contributed by atoms with Crippen LogP contribution < -0.4 is 0 Å². The number of fused-ring (bicyclic) bond motifs is 5. The zero-order valence-corrected chi connectivity index (χ0v) is 18.2. The lowest BCUT2D eigenvalue weighted by molar-refractivity contribution is -0.170. The number of hydrogen-bond acceptors (Lipinski definition) is 6. The van der Waals surface area contributed by atoms with Crippen molar-refractivity contribution < 1.29 is 38.4 Å². The molecule has 3 saturated carbocycles. The Morgan fingerprint density at radius 3 is 2.57 bits per heavy atom. The predicted octanol–water partition coefficient (Wildman–Crippen LogP) is 2.11. The van der Waals surface area contributed by atoms with Crippen LogP contribution >= 0.6 is 7.82 Å². The number of aliphatic hydroxyl groups is 1. The van der Waals surface area contributed by atoms with Gasteiger partial charge in [-0.15, -0.1) is 0 Å². The minimum absolute atomic E-state index is 0.00484. The van der Waals surface area contributed by atoms with E-state index in [2.05, 4.69) is 11.4 Å². The lowest BCUT2D eigenvalue weighted by atomic mass is 9.46. The molecule has 3 N–H and O–H groups in total. The Morgan fingerprint density at radius 2 is 1.90 bits per heavy atom. The van der Waals surface area contributed by atoms with Crippen molar-refractivity contribution in [3.63, 3.8) is 0 Å². The molecule has 4 aliphatic rings. The molecule has 0 radical (unpaired) electrons. The third-order valence-corrected chi connectivity index (χ3v) is 9.10. The lowest BCUT2D eigenvalue weighted by Gasteiger charge is -2.57. The van der Waals surface area contributed by atoms with Crippen LogP contribution in [0, 0.1) is 28.6 Å². The second-order valence-electron chi connectivity index (χ2n) is 9.99. The van der Waals surface area contributed by atoms with Gasteiger partial charge in [0.25, 0.3) is 0 Å². The highest BCUT2D eigenvalue weighted by atomic mass is 31.2. The first-order valence-electron chi connectivity index (χ1n) is 10.5. The van der Waals surface area contributed by atoms with Gasteiger partial charge in [-0.05, 0) is 55.4 Å². The van der Waals surface area contributed by atoms with Crippen molar-refractivity contribution in [1.29, 1.82) is 0 Å². The molecule has 166 valence electrons. The average molecular weight is 440 g/mol. The SMILES string of the molecule is C[C@]12CCC(=O)C=C1CC[C@@H]1[C@@H]2C(=O)C[C@@]2(C)[C@H]1CC[C@]2(O)C(=O)COP(=O)(O)O. The zero-order valence-electron chi connectivity index (χ0n) is 17.3. The van der Waals surface area contributed by atoms with Gasteiger partial charge >= 0.3 is 7.82 Å². The molecule has 0 aromatic carbocycles. The first-order chi connectivity index (χ1) is 13.8. The van der Waals surface area contributed by atoms with Crippen LogP contribution in [0.5, 0.6) is 0 Å². The summed E-state index contributed by atoms with van der Waals surface area (Å²) in [5.74, 6) is -0.943. The van der Waals surface area contributed by atoms with E-state index in [0.29, 0.717) is 19.3 Å². The van der Waals surface area contributed by atoms with Crippen molar-refractivity contribution in [1.82, 2.24) is 0 Å². The summed E-state index contributed by atoms with van der Waals surface area (Å²) in [5.41, 5.74) is -2.16. The number of phosphoric ester groups is 1. The van der Waals surface area contributed by atoms with Crippen molar-refractivity contribution in [2.24, 2.45) is 28.6 Å². The molecule has 0 saturated heterocycles. The first kappa shape index (κ1) is 22.0. The van der Waals surface area contributed by atoms with Gasteiger partial charge in [0.15, 0.2) is 11.6 Å². The smallest absolute Gasteiger partial charge is 0.381 e. The highest BCUT2D eigenvalue weighted by Crippen LogP contribution is 2.66. The molecule has 9 heteroatoms. The third-order valence-electron chi connectivity index (χ3n) is 8.63. The maximum atomic E-state index is 13.5. The number of carbonyl (C=O) groups excluding carboxylic acids is 3. The Hall–Kier alpha value is -1.18. The molecule has 0 amide bonds. The summed E-state index contributed by atoms with van der Waals surface area (Å²) >= 11 is 0. The van der Waals surface area contributed by atoms with Gasteiger partial charge in [-0.3, -0.25) is 18.9 Å². The Bertz CT molecular complexity index is 889. The summed E-state index contributed by atoms with van der Waals surface area (Å²) in [4.78, 5) is 56.0. The topological polar surface area (TPSA) is 138 Å². The summed E-state index contributed by atoms with van der Waals surface area (Å²) in [6, 6.07) is 0. The number of phosphoric acid groups is 1. The molecule has 4 rings (SSSR count). The molecule has 0 aliphatic heterocycles. The Labute approximate surface area is 175 Å². The van der Waals surface area contributed by atoms with E-state index in [0.717, 1.165) is 18.4 Å². The van der Waals surface area contributed by atoms with E-state index in [1.54, 1.807) is 13.0 Å². The van der Waals surface area contributed by atoms with Gasteiger partial charge in [0.2, 0.25) is 0 Å². The van der Waals surface area contributed by atoms with Crippen molar-refractivity contribution in [2.75, 3.05) is 6.61 Å². The van der Waals surface area contributed by atoms with Crippen LogP contribution in [-0.2, 0) is 23.5 Å². The van der Waals surface area contributed by atoms with Gasteiger partial charge in [-0.2, -0.15) is 0 Å². The molecular formula is C21H29O8P. The normalized spacial score (nSPS) is 43.5. The number of allylic oxidation sites excluding steroid dienone is 1. The molecule has 0 aromatic rings. The van der Waals surface area contributed by atoms with Crippen molar-refractivity contribution in [3.8, 4) is 0 Å². The Balaban J connectivity index is 1.65. The summed E-state index contributed by atoms with van der Waals surface area (Å²) < 4.78 is 15.4. The van der Waals surface area contributed by atoms with Crippen LogP contribution in [-0.4, -0.2) is 44.5 Å². The minimum Gasteiger partial charge on any atom is -0.381 e. The molecule has 4 aliphatic carbocycles. The standard InChI is InChI=1S/C21H29O8P/c1-19-7-5-13(22)9-12(19)3-4-14-15-6-8-21(25,17(24)11-29-30(26,27)28)20(15,2)10-16(23)18(14)19/h9,14-15,18,25H,3-8,10-11H2,1-2H3,(H2,26,27,28)/t14-,15-,18+,19-,20-,21-/m0/s1. The van der Waals surface area contributed by atoms with E-state index in [1.807, 2.05) is 0 Å². The van der Waals surface area contributed by atoms with Gasteiger partial charge in [0, 0.05) is 24.2 Å². The van der Waals surface area contributed by atoms with Crippen molar-refractivity contribution in [2.45, 2.75) is 64.4 Å². The molecule has 0 heterocycles. The molecular weight excluding hydrogens is 411 g/mol. The molecule has 0 aromatic heterocycles. The summed E-state index contributed by atoms with van der Waals surface area (Å²) in [6.07, 6.45) is 5.01. The maximum absolute atomic E-state index is 13.5. The maximum Gasteiger partial charge on any atom is 0.470 e. The molecule has 0 unspecified atom stereocenters.